The van der Waals surface area contributed by atoms with Gasteiger partial charge in [0.05, 0.1) is 19.6 Å². The van der Waals surface area contributed by atoms with E-state index >= 15 is 0 Å². The van der Waals surface area contributed by atoms with Crippen molar-refractivity contribution in [3.63, 3.8) is 0 Å². The van der Waals surface area contributed by atoms with Crippen LogP contribution in [0.1, 0.15) is 25.3 Å². The molecule has 104 valence electrons. The van der Waals surface area contributed by atoms with Crippen molar-refractivity contribution < 1.29 is 14.3 Å². The van der Waals surface area contributed by atoms with Gasteiger partial charge in [-0.05, 0) is 31.5 Å². The predicted octanol–water partition coefficient (Wildman–Crippen LogP) is 1.13. The first kappa shape index (κ1) is 15.0. The number of likely N-dealkylation sites (N-methyl/N-ethyl adjacent to an activating group) is 1. The molecule has 0 unspecified atom stereocenters. The number of nitrogens with two attached hydrogens (primary N) is 1. The van der Waals surface area contributed by atoms with Crippen molar-refractivity contribution in [2.75, 3.05) is 20.2 Å². The van der Waals surface area contributed by atoms with Gasteiger partial charge >= 0.3 is 0 Å². The molecule has 1 aromatic rings. The van der Waals surface area contributed by atoms with Crippen LogP contribution in [0.25, 0.3) is 0 Å². The van der Waals surface area contributed by atoms with Gasteiger partial charge in [-0.3, -0.25) is 9.59 Å². The Morgan fingerprint density at radius 1 is 1.32 bits per heavy atom. The molecule has 0 fully saturated rings. The number of nitrogens with zero attached hydrogens (tertiary/aromatic N) is 1. The molecule has 0 saturated carbocycles. The van der Waals surface area contributed by atoms with Crippen molar-refractivity contribution in [1.82, 2.24) is 4.90 Å². The number of methoxy groups -OCH3 is 1. The molecule has 5 heteroatoms. The lowest BCUT2D eigenvalue weighted by atomic mass is 9.99. The molecule has 0 heterocycles. The van der Waals surface area contributed by atoms with Gasteiger partial charge in [-0.1, -0.05) is 12.1 Å². The second-order valence-electron chi connectivity index (χ2n) is 4.31. The first-order valence-electron chi connectivity index (χ1n) is 6.20. The fourth-order valence-corrected chi connectivity index (χ4v) is 1.84. The van der Waals surface area contributed by atoms with E-state index in [-0.39, 0.29) is 18.4 Å². The molecule has 0 aliphatic rings. The van der Waals surface area contributed by atoms with Crippen LogP contribution in [0, 0.1) is 0 Å². The van der Waals surface area contributed by atoms with E-state index in [4.69, 9.17) is 10.5 Å². The highest BCUT2D eigenvalue weighted by Crippen LogP contribution is 2.21. The second kappa shape index (κ2) is 6.78. The Hall–Kier alpha value is -2.04. The maximum Gasteiger partial charge on any atom is 0.237 e. The van der Waals surface area contributed by atoms with E-state index in [9.17, 15) is 9.59 Å². The van der Waals surface area contributed by atoms with Gasteiger partial charge in [0.2, 0.25) is 11.8 Å². The summed E-state index contributed by atoms with van der Waals surface area (Å²) in [6.45, 7) is 4.05. The van der Waals surface area contributed by atoms with E-state index in [0.29, 0.717) is 6.54 Å². The Kier molecular flexibility index (Phi) is 5.36. The van der Waals surface area contributed by atoms with Crippen LogP contribution in [-0.4, -0.2) is 36.9 Å². The lowest BCUT2D eigenvalue weighted by Gasteiger charge is -2.23. The molecule has 2 amide bonds. The quantitative estimate of drug-likeness (QED) is 0.837. The summed E-state index contributed by atoms with van der Waals surface area (Å²) >= 11 is 0. The number of primary amides is 1. The first-order valence-corrected chi connectivity index (χ1v) is 6.20. The average molecular weight is 264 g/mol. The van der Waals surface area contributed by atoms with E-state index < -0.39 is 5.91 Å². The van der Waals surface area contributed by atoms with Crippen molar-refractivity contribution >= 4 is 11.8 Å². The molecule has 0 spiro atoms. The summed E-state index contributed by atoms with van der Waals surface area (Å²) in [6.07, 6.45) is 0. The monoisotopic (exact) mass is 264 g/mol. The van der Waals surface area contributed by atoms with Crippen LogP contribution in [-0.2, 0) is 9.59 Å². The summed E-state index contributed by atoms with van der Waals surface area (Å²) in [6, 6.07) is 7.31. The molecule has 2 N–H and O–H groups in total. The largest absolute Gasteiger partial charge is 0.497 e. The van der Waals surface area contributed by atoms with Crippen LogP contribution in [0.15, 0.2) is 24.3 Å². The van der Waals surface area contributed by atoms with Crippen molar-refractivity contribution in [2.45, 2.75) is 19.8 Å². The van der Waals surface area contributed by atoms with E-state index in [1.54, 1.807) is 7.11 Å². The zero-order chi connectivity index (χ0) is 14.4. The molecular weight excluding hydrogens is 244 g/mol. The van der Waals surface area contributed by atoms with Crippen LogP contribution in [0.3, 0.4) is 0 Å². The zero-order valence-corrected chi connectivity index (χ0v) is 11.6. The van der Waals surface area contributed by atoms with E-state index in [1.807, 2.05) is 38.1 Å². The molecular formula is C14H20N2O3. The van der Waals surface area contributed by atoms with Crippen molar-refractivity contribution in [2.24, 2.45) is 5.73 Å². The number of amides is 2. The van der Waals surface area contributed by atoms with Crippen LogP contribution < -0.4 is 10.5 Å². The molecule has 5 nitrogen and oxygen atoms in total. The lowest BCUT2D eigenvalue weighted by Crippen LogP contribution is -2.40. The summed E-state index contributed by atoms with van der Waals surface area (Å²) in [5, 5.41) is 0. The summed E-state index contributed by atoms with van der Waals surface area (Å²) in [5.74, 6) is -0.179. The maximum absolute atomic E-state index is 12.3. The van der Waals surface area contributed by atoms with Gasteiger partial charge in [0.25, 0.3) is 0 Å². The SMILES string of the molecule is CCN(CC(N)=O)C(=O)[C@@H](C)c1ccc(OC)cc1. The zero-order valence-electron chi connectivity index (χ0n) is 11.6. The molecule has 0 radical (unpaired) electrons. The summed E-state index contributed by atoms with van der Waals surface area (Å²) in [5.41, 5.74) is 6.02. The standard InChI is InChI=1S/C14H20N2O3/c1-4-16(9-13(15)17)14(18)10(2)11-5-7-12(19-3)8-6-11/h5-8,10H,4,9H2,1-3H3,(H2,15,17)/t10-/m0/s1. The number of carbonyl (C=O) groups is 2. The molecule has 1 atom stereocenters. The third-order valence-electron chi connectivity index (χ3n) is 3.03. The van der Waals surface area contributed by atoms with Crippen molar-refractivity contribution in [1.29, 1.82) is 0 Å². The maximum atomic E-state index is 12.3. The summed E-state index contributed by atoms with van der Waals surface area (Å²) in [7, 11) is 1.59. The molecule has 0 aliphatic heterocycles. The minimum absolute atomic E-state index is 0.0458. The van der Waals surface area contributed by atoms with Gasteiger partial charge in [-0.2, -0.15) is 0 Å². The second-order valence-corrected chi connectivity index (χ2v) is 4.31. The van der Waals surface area contributed by atoms with E-state index in [2.05, 4.69) is 0 Å². The van der Waals surface area contributed by atoms with Crippen molar-refractivity contribution in [3.8, 4) is 5.75 Å². The number of rotatable bonds is 6. The average Bonchev–Trinajstić information content (AvgIpc) is 2.43. The minimum Gasteiger partial charge on any atom is -0.497 e. The molecule has 1 aromatic carbocycles. The number of hydrogen-bond donors (Lipinski definition) is 1. The molecule has 1 rings (SSSR count). The van der Waals surface area contributed by atoms with Crippen LogP contribution in [0.2, 0.25) is 0 Å². The fraction of sp³-hybridized carbons (Fsp3) is 0.429. The Morgan fingerprint density at radius 3 is 2.32 bits per heavy atom. The number of hydrogen-bond acceptors (Lipinski definition) is 3. The number of benzene rings is 1. The third kappa shape index (κ3) is 3.98. The molecule has 0 aromatic heterocycles. The van der Waals surface area contributed by atoms with Gasteiger partial charge < -0.3 is 15.4 Å². The third-order valence-corrected chi connectivity index (χ3v) is 3.03. The van der Waals surface area contributed by atoms with Gasteiger partial charge in [-0.25, -0.2) is 0 Å². The normalized spacial score (nSPS) is 11.7. The van der Waals surface area contributed by atoms with Gasteiger partial charge in [0.15, 0.2) is 0 Å². The highest BCUT2D eigenvalue weighted by molar-refractivity contribution is 5.87. The minimum atomic E-state index is -0.503. The summed E-state index contributed by atoms with van der Waals surface area (Å²) in [4.78, 5) is 24.6. The number of carbonyl (C=O) groups excluding carboxylic acids is 2. The predicted molar refractivity (Wildman–Crippen MR) is 72.9 cm³/mol. The lowest BCUT2D eigenvalue weighted by molar-refractivity contribution is -0.135. The molecule has 0 aliphatic carbocycles. The van der Waals surface area contributed by atoms with E-state index in [1.165, 1.54) is 4.90 Å². The van der Waals surface area contributed by atoms with Crippen LogP contribution >= 0.6 is 0 Å². The highest BCUT2D eigenvalue weighted by Gasteiger charge is 2.21. The topological polar surface area (TPSA) is 72.6 Å². The Morgan fingerprint density at radius 2 is 1.89 bits per heavy atom. The van der Waals surface area contributed by atoms with Gasteiger partial charge in [0.1, 0.15) is 5.75 Å². The van der Waals surface area contributed by atoms with E-state index in [0.717, 1.165) is 11.3 Å². The van der Waals surface area contributed by atoms with Gasteiger partial charge in [0, 0.05) is 6.54 Å². The van der Waals surface area contributed by atoms with Crippen LogP contribution in [0.4, 0.5) is 0 Å². The Bertz CT molecular complexity index is 443. The van der Waals surface area contributed by atoms with Crippen LogP contribution in [0.5, 0.6) is 5.75 Å². The molecule has 0 bridgehead atoms. The Labute approximate surface area is 113 Å². The highest BCUT2D eigenvalue weighted by atomic mass is 16.5. The number of ether oxygens (including phenoxy) is 1. The first-order chi connectivity index (χ1) is 8.99. The fourth-order valence-electron chi connectivity index (χ4n) is 1.84. The molecule has 0 saturated heterocycles. The smallest absolute Gasteiger partial charge is 0.237 e. The van der Waals surface area contributed by atoms with Gasteiger partial charge in [-0.15, -0.1) is 0 Å². The molecule has 19 heavy (non-hydrogen) atoms. The Balaban J connectivity index is 2.81. The van der Waals surface area contributed by atoms with Crippen molar-refractivity contribution in [3.05, 3.63) is 29.8 Å². The summed E-state index contributed by atoms with van der Waals surface area (Å²) < 4.78 is 5.07.